The average molecular weight is 919 g/mol. The Morgan fingerprint density at radius 2 is 0.439 bits per heavy atom. The Bertz CT molecular complexity index is 1410. The third-order valence-electron chi connectivity index (χ3n) is 7.21. The van der Waals surface area contributed by atoms with Crippen molar-refractivity contribution in [2.24, 2.45) is 0 Å². The summed E-state index contributed by atoms with van der Waals surface area (Å²) < 4.78 is 9.31. The van der Waals surface area contributed by atoms with Gasteiger partial charge in [-0.2, -0.15) is 0 Å². The molecular weight excluding hydrogens is 883 g/mol. The fraction of sp³-hybridized carbons (Fsp3) is 0.0769. The van der Waals surface area contributed by atoms with Gasteiger partial charge in [0.2, 0.25) is 0 Å². The van der Waals surface area contributed by atoms with Gasteiger partial charge in [0.25, 0.3) is 0 Å². The molecule has 0 nitrogen and oxygen atoms in total. The van der Waals surface area contributed by atoms with Crippen molar-refractivity contribution in [1.82, 2.24) is 0 Å². The predicted octanol–water partition coefficient (Wildman–Crippen LogP) is 5.33. The van der Waals surface area contributed by atoms with Crippen LogP contribution in [0.1, 0.15) is 16.7 Å². The molecule has 41 heavy (non-hydrogen) atoms. The van der Waals surface area contributed by atoms with Gasteiger partial charge in [-0.15, -0.1) is 0 Å². The van der Waals surface area contributed by atoms with Gasteiger partial charge in [-0.05, 0) is 0 Å². The van der Waals surface area contributed by atoms with Crippen molar-refractivity contribution in [3.05, 3.63) is 180 Å². The quantitative estimate of drug-likeness (QED) is 0.199. The molecule has 0 atom stereocenters. The fourth-order valence-electron chi connectivity index (χ4n) is 4.98. The van der Waals surface area contributed by atoms with Crippen LogP contribution in [0.25, 0.3) is 0 Å². The molecule has 6 aromatic rings. The number of benzene rings is 6. The minimum absolute atomic E-state index is 1.34. The number of hydrogen-bond donors (Lipinski definition) is 0. The van der Waals surface area contributed by atoms with Crippen LogP contribution >= 0.6 is 0 Å². The molecule has 0 spiro atoms. The zero-order valence-corrected chi connectivity index (χ0v) is 31.9. The van der Waals surface area contributed by atoms with Gasteiger partial charge < -0.3 is 0 Å². The predicted molar refractivity (Wildman–Crippen MR) is 182 cm³/mol. The Kier molecular flexibility index (Phi) is 10.8. The SMILES string of the molecule is Cc1cc[c]([Pb]([c]2ccc(C)cc2)[c]2ccc(C)cc2)cc1.c1cc[c]([Pb]([c]2ccccc2)[c]2ccccc2)cc1. The summed E-state index contributed by atoms with van der Waals surface area (Å²) in [7, 11) is 0. The molecule has 0 amide bonds. The monoisotopic (exact) mass is 920 g/mol. The van der Waals surface area contributed by atoms with E-state index >= 15 is 0 Å². The molecule has 0 saturated carbocycles. The van der Waals surface area contributed by atoms with Crippen molar-refractivity contribution >= 4 is 64.1 Å². The first-order chi connectivity index (χ1) is 20.1. The van der Waals surface area contributed by atoms with Gasteiger partial charge in [-0.3, -0.25) is 0 Å². The Balaban J connectivity index is 0.000000166. The maximum atomic E-state index is 2.34. The summed E-state index contributed by atoms with van der Waals surface area (Å²) in [4.78, 5) is 0. The fourth-order valence-corrected chi connectivity index (χ4v) is 24.7. The number of rotatable bonds is 6. The second kappa shape index (κ2) is 14.9. The first kappa shape index (κ1) is 29.6. The van der Waals surface area contributed by atoms with E-state index in [0.717, 1.165) is 0 Å². The first-order valence-corrected chi connectivity index (χ1v) is 25.9. The molecule has 0 saturated heterocycles. The van der Waals surface area contributed by atoms with E-state index < -0.39 is 45.4 Å². The average Bonchev–Trinajstić information content (AvgIpc) is 3.02. The summed E-state index contributed by atoms with van der Waals surface area (Å²) in [5.74, 6) is 0. The number of hydrogen-bond acceptors (Lipinski definition) is 0. The zero-order chi connectivity index (χ0) is 28.4. The van der Waals surface area contributed by atoms with Gasteiger partial charge >= 0.3 is 265 Å². The molecule has 2 radical (unpaired) electrons. The Morgan fingerprint density at radius 1 is 0.244 bits per heavy atom. The van der Waals surface area contributed by atoms with Crippen molar-refractivity contribution in [1.29, 1.82) is 0 Å². The summed E-state index contributed by atoms with van der Waals surface area (Å²) in [6.07, 6.45) is 0. The standard InChI is InChI=1S/3C7H7.3C6H5.2Pb/c3*1-7-5-3-2-4-6-7;3*1-2-4-6-5-3-1;;/h3*3-6H,1H3;3*1-5H;;. The van der Waals surface area contributed by atoms with Crippen LogP contribution < -0.4 is 18.7 Å². The second-order valence-electron chi connectivity index (χ2n) is 10.4. The van der Waals surface area contributed by atoms with Crippen LogP contribution in [0.3, 0.4) is 0 Å². The van der Waals surface area contributed by atoms with Crippen LogP contribution in [-0.2, 0) is 0 Å². The van der Waals surface area contributed by atoms with Gasteiger partial charge in [-0.1, -0.05) is 0 Å². The normalized spacial score (nSPS) is 10.8. The van der Waals surface area contributed by atoms with E-state index in [1.165, 1.54) is 16.7 Å². The summed E-state index contributed by atoms with van der Waals surface area (Å²) in [6, 6.07) is 60.6. The third-order valence-corrected chi connectivity index (χ3v) is 28.4. The van der Waals surface area contributed by atoms with Crippen LogP contribution in [0.2, 0.25) is 0 Å². The van der Waals surface area contributed by atoms with E-state index in [2.05, 4.69) is 185 Å². The molecule has 0 bridgehead atoms. The van der Waals surface area contributed by atoms with Crippen LogP contribution in [0.4, 0.5) is 0 Å². The summed E-state index contributed by atoms with van der Waals surface area (Å²) in [5.41, 5.74) is 4.01. The summed E-state index contributed by atoms with van der Waals surface area (Å²) >= 11 is -4.43. The Hall–Kier alpha value is -2.84. The second-order valence-corrected chi connectivity index (χ2v) is 29.7. The van der Waals surface area contributed by atoms with Gasteiger partial charge in [-0.25, -0.2) is 0 Å². The molecule has 0 aliphatic heterocycles. The molecular formula is C39H36Pb2. The summed E-state index contributed by atoms with van der Waals surface area (Å²) in [6.45, 7) is 6.48. The van der Waals surface area contributed by atoms with Gasteiger partial charge in [0.05, 0.1) is 0 Å². The van der Waals surface area contributed by atoms with Gasteiger partial charge in [0.15, 0.2) is 0 Å². The Labute approximate surface area is 263 Å². The van der Waals surface area contributed by atoms with Crippen molar-refractivity contribution in [3.63, 3.8) is 0 Å². The molecule has 0 N–H and O–H groups in total. The van der Waals surface area contributed by atoms with E-state index in [0.29, 0.717) is 0 Å². The van der Waals surface area contributed by atoms with Gasteiger partial charge in [0.1, 0.15) is 0 Å². The molecule has 2 heteroatoms. The molecule has 0 aromatic heterocycles. The van der Waals surface area contributed by atoms with Crippen molar-refractivity contribution in [2.75, 3.05) is 0 Å². The van der Waals surface area contributed by atoms with Crippen LogP contribution in [0.5, 0.6) is 0 Å². The molecule has 0 aliphatic rings. The van der Waals surface area contributed by atoms with Crippen LogP contribution in [0.15, 0.2) is 164 Å². The first-order valence-electron chi connectivity index (χ1n) is 14.2. The van der Waals surface area contributed by atoms with E-state index in [1.54, 1.807) is 18.7 Å². The van der Waals surface area contributed by atoms with Crippen molar-refractivity contribution < 1.29 is 0 Å². The van der Waals surface area contributed by atoms with E-state index in [-0.39, 0.29) is 0 Å². The molecule has 6 rings (SSSR count). The van der Waals surface area contributed by atoms with E-state index in [4.69, 9.17) is 0 Å². The maximum absolute atomic E-state index is 2.34. The molecule has 0 heterocycles. The van der Waals surface area contributed by atoms with Crippen LogP contribution in [0, 0.1) is 20.8 Å². The molecule has 0 fully saturated rings. The van der Waals surface area contributed by atoms with Gasteiger partial charge in [0, 0.05) is 0 Å². The molecule has 200 valence electrons. The van der Waals surface area contributed by atoms with Crippen LogP contribution in [-0.4, -0.2) is 45.4 Å². The Morgan fingerprint density at radius 3 is 0.659 bits per heavy atom. The molecule has 0 aliphatic carbocycles. The van der Waals surface area contributed by atoms with E-state index in [1.807, 2.05) is 0 Å². The molecule has 0 unspecified atom stereocenters. The summed E-state index contributed by atoms with van der Waals surface area (Å²) in [5, 5.41) is 0. The van der Waals surface area contributed by atoms with Crippen molar-refractivity contribution in [2.45, 2.75) is 20.8 Å². The zero-order valence-electron chi connectivity index (χ0n) is 24.1. The minimum atomic E-state index is -2.26. The van der Waals surface area contributed by atoms with E-state index in [9.17, 15) is 0 Å². The third kappa shape index (κ3) is 8.13. The molecule has 6 aromatic carbocycles. The topological polar surface area (TPSA) is 0 Å². The number of aryl methyl sites for hydroxylation is 3. The van der Waals surface area contributed by atoms with Crippen molar-refractivity contribution in [3.8, 4) is 0 Å².